The molecule has 0 saturated carbocycles. The highest BCUT2D eigenvalue weighted by atomic mass is 14.3. The summed E-state index contributed by atoms with van der Waals surface area (Å²) in [5.41, 5.74) is 1.71. The molecule has 44 radical (unpaired) electrons. The molecule has 8 aromatic rings. The highest BCUT2D eigenvalue weighted by Gasteiger charge is 2.28. The van der Waals surface area contributed by atoms with Gasteiger partial charge in [0.2, 0.25) is 0 Å². The van der Waals surface area contributed by atoms with Gasteiger partial charge >= 0.3 is 0 Å². The lowest BCUT2D eigenvalue weighted by molar-refractivity contribution is 1.68. The SMILES string of the molecule is [B]c1c([B])c([B])c2c(-c3ccc(-c4c5c([B])c([B])c([B])c([B])c5c(-c5c([B])c([B])c([B])c6c([B])c([B])c([B])c([B])c56)c5c([B])c([B])c([B])c([B])c45)cc3)c([B])c([B])c([B])c2c1[B]. The van der Waals surface area contributed by atoms with Crippen LogP contribution in [0.1, 0.15) is 0 Å². The van der Waals surface area contributed by atoms with Gasteiger partial charge in [0.15, 0.2) is 0 Å². The molecular weight excluding hydrogens is 718 g/mol. The maximum absolute atomic E-state index is 6.99. The lowest BCUT2D eigenvalue weighted by Crippen LogP contribution is -2.53. The molecule has 0 saturated heterocycles. The minimum absolute atomic E-state index is 0.0114. The van der Waals surface area contributed by atoms with Crippen LogP contribution in [0.4, 0.5) is 0 Å². The fourth-order valence-corrected chi connectivity index (χ4v) is 8.68. The Morgan fingerprint density at radius 1 is 0.145 bits per heavy atom. The fraction of sp³-hybridized carbons (Fsp3) is 0. The third-order valence-electron chi connectivity index (χ3n) is 12.1. The predicted octanol–water partition coefficient (Wildman–Crippen LogP) is -15.2. The zero-order valence-corrected chi connectivity index (χ0v) is 33.0. The van der Waals surface area contributed by atoms with Crippen molar-refractivity contribution in [3.63, 3.8) is 0 Å². The summed E-state index contributed by atoms with van der Waals surface area (Å²) in [5, 5.41) is 1.74. The Bertz CT molecular complexity index is 3310. The fourth-order valence-electron chi connectivity index (χ4n) is 8.68. The van der Waals surface area contributed by atoms with Crippen molar-refractivity contribution in [3.05, 3.63) is 24.3 Å². The normalized spacial score (nSPS) is 11.7. The summed E-state index contributed by atoms with van der Waals surface area (Å²) in [6, 6.07) is 6.93. The molecule has 62 heavy (non-hydrogen) atoms. The van der Waals surface area contributed by atoms with Crippen molar-refractivity contribution >= 4 is 336 Å². The minimum atomic E-state index is -0.0874. The summed E-state index contributed by atoms with van der Waals surface area (Å²) in [7, 11) is 146. The van der Waals surface area contributed by atoms with E-state index in [4.69, 9.17) is 173 Å². The van der Waals surface area contributed by atoms with Gasteiger partial charge in [-0.2, -0.15) is 0 Å². The van der Waals surface area contributed by atoms with Crippen LogP contribution in [0.2, 0.25) is 0 Å². The van der Waals surface area contributed by atoms with E-state index in [2.05, 4.69) is 0 Å². The van der Waals surface area contributed by atoms with E-state index in [-0.39, 0.29) is 169 Å². The maximum Gasteiger partial charge on any atom is 0.113 e. The second-order valence-corrected chi connectivity index (χ2v) is 15.2. The molecule has 0 aliphatic heterocycles. The molecule has 0 aromatic heterocycles. The Morgan fingerprint density at radius 2 is 0.323 bits per heavy atom. The first-order chi connectivity index (χ1) is 29.0. The van der Waals surface area contributed by atoms with E-state index in [9.17, 15) is 0 Å². The number of hydrogen-bond donors (Lipinski definition) is 0. The summed E-state index contributed by atoms with van der Waals surface area (Å²) >= 11 is 0. The number of benzene rings is 8. The molecule has 0 bridgehead atoms. The molecule has 22 heteroatoms. The molecule has 0 spiro atoms. The first-order valence-corrected chi connectivity index (χ1v) is 18.4. The van der Waals surface area contributed by atoms with Gasteiger partial charge in [-0.15, -0.1) is 54.6 Å². The summed E-state index contributed by atoms with van der Waals surface area (Å²) in [4.78, 5) is 0. The quantitative estimate of drug-likeness (QED) is 0.126. The zero-order valence-electron chi connectivity index (χ0n) is 33.0. The van der Waals surface area contributed by atoms with E-state index in [1.807, 2.05) is 0 Å². The number of hydrogen-bond acceptors (Lipinski definition) is 0. The van der Waals surface area contributed by atoms with Crippen molar-refractivity contribution in [1.82, 2.24) is 0 Å². The lowest BCUT2D eigenvalue weighted by atomic mass is 9.56. The topological polar surface area (TPSA) is 0 Å². The smallest absolute Gasteiger partial charge is 0.110 e. The van der Waals surface area contributed by atoms with Crippen molar-refractivity contribution in [2.24, 2.45) is 0 Å². The first-order valence-electron chi connectivity index (χ1n) is 18.4. The van der Waals surface area contributed by atoms with Crippen molar-refractivity contribution in [1.29, 1.82) is 0 Å². The van der Waals surface area contributed by atoms with Crippen molar-refractivity contribution in [2.75, 3.05) is 0 Å². The van der Waals surface area contributed by atoms with Gasteiger partial charge in [-0.25, -0.2) is 0 Å². The van der Waals surface area contributed by atoms with Crippen LogP contribution in [0.3, 0.4) is 0 Å². The molecule has 0 N–H and O–H groups in total. The van der Waals surface area contributed by atoms with Crippen LogP contribution in [0.15, 0.2) is 24.3 Å². The van der Waals surface area contributed by atoms with Gasteiger partial charge in [0.1, 0.15) is 173 Å². The highest BCUT2D eigenvalue weighted by Crippen LogP contribution is 2.41. The average Bonchev–Trinajstić information content (AvgIpc) is 3.25. The Hall–Kier alpha value is -3.77. The van der Waals surface area contributed by atoms with E-state index >= 15 is 0 Å². The van der Waals surface area contributed by atoms with Crippen LogP contribution in [0.25, 0.3) is 76.5 Å². The second kappa shape index (κ2) is 15.4. The molecule has 0 aliphatic carbocycles. The molecule has 0 nitrogen and oxygen atoms in total. The summed E-state index contributed by atoms with van der Waals surface area (Å²) in [5.74, 6) is 0. The molecule has 0 atom stereocenters. The maximum atomic E-state index is 6.99. The summed E-state index contributed by atoms with van der Waals surface area (Å²) < 4.78 is 0. The Balaban J connectivity index is 1.61. The molecule has 0 aliphatic rings. The second-order valence-electron chi connectivity index (χ2n) is 15.2. The van der Waals surface area contributed by atoms with Crippen LogP contribution in [0.5, 0.6) is 0 Å². The highest BCUT2D eigenvalue weighted by molar-refractivity contribution is 6.76. The van der Waals surface area contributed by atoms with Gasteiger partial charge in [0.05, 0.1) is 0 Å². The Kier molecular flexibility index (Phi) is 11.2. The zero-order chi connectivity index (χ0) is 45.6. The van der Waals surface area contributed by atoms with Crippen LogP contribution in [0, 0.1) is 0 Å². The third kappa shape index (κ3) is 5.92. The van der Waals surface area contributed by atoms with Gasteiger partial charge in [0, 0.05) is 0 Å². The van der Waals surface area contributed by atoms with Crippen molar-refractivity contribution in [3.8, 4) is 33.4 Å². The van der Waals surface area contributed by atoms with Gasteiger partial charge in [0.25, 0.3) is 0 Å². The third-order valence-corrected chi connectivity index (χ3v) is 12.1. The van der Waals surface area contributed by atoms with E-state index in [0.717, 1.165) is 0 Å². The largest absolute Gasteiger partial charge is 0.113 e. The molecule has 8 rings (SSSR count). The lowest BCUT2D eigenvalue weighted by Gasteiger charge is -2.31. The molecule has 0 unspecified atom stereocenters. The molecule has 0 amide bonds. The van der Waals surface area contributed by atoms with Crippen LogP contribution >= 0.6 is 0 Å². The molecule has 0 heterocycles. The van der Waals surface area contributed by atoms with Crippen molar-refractivity contribution < 1.29 is 0 Å². The van der Waals surface area contributed by atoms with Gasteiger partial charge in [-0.1, -0.05) is 89.8 Å². The first kappa shape index (κ1) is 44.8. The minimum Gasteiger partial charge on any atom is -0.110 e. The van der Waals surface area contributed by atoms with Gasteiger partial charge in [-0.3, -0.25) is 0 Å². The Labute approximate surface area is 391 Å². The summed E-state index contributed by atoms with van der Waals surface area (Å²) in [6.45, 7) is 0. The average molecular weight is 722 g/mol. The molecule has 0 fully saturated rings. The van der Waals surface area contributed by atoms with Crippen LogP contribution in [-0.4, -0.2) is 173 Å². The standard InChI is InChI=1S/C40H4B22/c41-19-8(12-17(27(49)31(19)53)29(51)39(61)35(57)22(12)44)6-3-1-5(2-4-6)7-10-13(24(46)36(58)33(55)20(10)42)9(14-11(7)21(43)34(56)37(59)25(14)47)15-16-18(28(50)32(54)23(15)45)30(52)40(62)38(60)26(16)48/h1-4H. The molecular formula is C40H4B22. The van der Waals surface area contributed by atoms with E-state index in [1.165, 1.54) is 0 Å². The monoisotopic (exact) mass is 726 g/mol. The van der Waals surface area contributed by atoms with E-state index < -0.39 is 0 Å². The van der Waals surface area contributed by atoms with E-state index in [0.29, 0.717) is 27.6 Å². The number of fused-ring (bicyclic) bond motifs is 4. The number of rotatable bonds is 3. The molecule has 8 aromatic carbocycles. The van der Waals surface area contributed by atoms with Crippen molar-refractivity contribution in [2.45, 2.75) is 0 Å². The molecule has 230 valence electrons. The van der Waals surface area contributed by atoms with Gasteiger partial charge < -0.3 is 0 Å². The Morgan fingerprint density at radius 3 is 0.613 bits per heavy atom. The predicted molar refractivity (Wildman–Crippen MR) is 291 cm³/mol. The van der Waals surface area contributed by atoms with Crippen LogP contribution < -0.4 is 120 Å². The van der Waals surface area contributed by atoms with E-state index in [1.54, 1.807) is 24.3 Å². The van der Waals surface area contributed by atoms with Gasteiger partial charge in [-0.05, 0) is 76.5 Å². The van der Waals surface area contributed by atoms with Crippen LogP contribution in [-0.2, 0) is 0 Å². The summed E-state index contributed by atoms with van der Waals surface area (Å²) in [6.07, 6.45) is 0.